The molecule has 0 atom stereocenters. The van der Waals surface area contributed by atoms with Crippen molar-refractivity contribution in [3.8, 4) is 0 Å². The van der Waals surface area contributed by atoms with Crippen molar-refractivity contribution < 1.29 is 8.42 Å². The smallest absolute Gasteiger partial charge is 0.232 e. The minimum Gasteiger partial charge on any atom is -0.397 e. The number of hydrogen-bond acceptors (Lipinski definition) is 3. The van der Waals surface area contributed by atoms with Crippen LogP contribution in [0.15, 0.2) is 18.2 Å². The Morgan fingerprint density at radius 1 is 1.40 bits per heavy atom. The molecule has 15 heavy (non-hydrogen) atoms. The Bertz CT molecular complexity index is 441. The van der Waals surface area contributed by atoms with E-state index in [4.69, 9.17) is 5.73 Å². The van der Waals surface area contributed by atoms with Crippen LogP contribution in [0, 0.1) is 6.92 Å². The van der Waals surface area contributed by atoms with Gasteiger partial charge in [0.2, 0.25) is 10.0 Å². The van der Waals surface area contributed by atoms with Crippen LogP contribution in [0.1, 0.15) is 18.9 Å². The topological polar surface area (TPSA) is 72.2 Å². The minimum atomic E-state index is -3.25. The summed E-state index contributed by atoms with van der Waals surface area (Å²) in [4.78, 5) is 0. The molecule has 0 amide bonds. The summed E-state index contributed by atoms with van der Waals surface area (Å²) < 4.78 is 25.5. The van der Waals surface area contributed by atoms with Crippen LogP contribution in [0.5, 0.6) is 0 Å². The second kappa shape index (κ2) is 4.53. The van der Waals surface area contributed by atoms with Gasteiger partial charge in [0.15, 0.2) is 0 Å². The third kappa shape index (κ3) is 3.43. The maximum absolute atomic E-state index is 11.5. The van der Waals surface area contributed by atoms with Gasteiger partial charge < -0.3 is 5.73 Å². The number of hydrogen-bond donors (Lipinski definition) is 2. The van der Waals surface area contributed by atoms with Gasteiger partial charge >= 0.3 is 0 Å². The van der Waals surface area contributed by atoms with E-state index in [1.54, 1.807) is 12.1 Å². The fourth-order valence-electron chi connectivity index (χ4n) is 1.25. The molecule has 0 radical (unpaired) electrons. The largest absolute Gasteiger partial charge is 0.397 e. The van der Waals surface area contributed by atoms with E-state index >= 15 is 0 Å². The molecule has 0 aliphatic heterocycles. The summed E-state index contributed by atoms with van der Waals surface area (Å²) in [7, 11) is -3.25. The predicted octanol–water partition coefficient (Wildman–Crippen LogP) is 1.73. The van der Waals surface area contributed by atoms with Crippen LogP contribution in [-0.2, 0) is 10.0 Å². The summed E-state index contributed by atoms with van der Waals surface area (Å²) in [6.45, 7) is 3.70. The standard InChI is InChI=1S/C10H16N2O2S/c1-3-6-15(13,14)12-10-7-8(2)4-5-9(10)11/h4-5,7,12H,3,6,11H2,1-2H3. The Kier molecular flexibility index (Phi) is 3.57. The fraction of sp³-hybridized carbons (Fsp3) is 0.400. The van der Waals surface area contributed by atoms with Crippen molar-refractivity contribution in [3.63, 3.8) is 0 Å². The molecule has 0 saturated heterocycles. The highest BCUT2D eigenvalue weighted by Crippen LogP contribution is 2.20. The average Bonchev–Trinajstić information content (AvgIpc) is 2.10. The summed E-state index contributed by atoms with van der Waals surface area (Å²) in [5.41, 5.74) is 7.54. The normalized spacial score (nSPS) is 11.3. The maximum atomic E-state index is 11.5. The number of nitrogens with two attached hydrogens (primary N) is 1. The van der Waals surface area contributed by atoms with E-state index in [9.17, 15) is 8.42 Å². The molecule has 0 aliphatic carbocycles. The van der Waals surface area contributed by atoms with E-state index in [2.05, 4.69) is 4.72 Å². The van der Waals surface area contributed by atoms with Crippen molar-refractivity contribution in [3.05, 3.63) is 23.8 Å². The summed E-state index contributed by atoms with van der Waals surface area (Å²) in [5.74, 6) is 0.111. The van der Waals surface area contributed by atoms with Crippen LogP contribution < -0.4 is 10.5 Å². The lowest BCUT2D eigenvalue weighted by atomic mass is 10.2. The molecule has 0 fully saturated rings. The molecule has 0 heterocycles. The minimum absolute atomic E-state index is 0.111. The summed E-state index contributed by atoms with van der Waals surface area (Å²) in [6, 6.07) is 5.26. The molecule has 1 rings (SSSR count). The second-order valence-electron chi connectivity index (χ2n) is 3.51. The predicted molar refractivity (Wildman–Crippen MR) is 63.3 cm³/mol. The molecule has 0 aromatic heterocycles. The molecule has 4 nitrogen and oxygen atoms in total. The first-order chi connectivity index (χ1) is 6.94. The molecule has 0 bridgehead atoms. The van der Waals surface area contributed by atoms with Gasteiger partial charge in [-0.3, -0.25) is 4.72 Å². The van der Waals surface area contributed by atoms with Gasteiger partial charge in [-0.2, -0.15) is 0 Å². The molecule has 84 valence electrons. The molecule has 0 aliphatic rings. The number of rotatable bonds is 4. The number of aryl methyl sites for hydroxylation is 1. The van der Waals surface area contributed by atoms with Gasteiger partial charge in [-0.05, 0) is 31.0 Å². The van der Waals surface area contributed by atoms with Crippen LogP contribution in [0.4, 0.5) is 11.4 Å². The van der Waals surface area contributed by atoms with Gasteiger partial charge in [-0.25, -0.2) is 8.42 Å². The number of sulfonamides is 1. The Balaban J connectivity index is 2.94. The fourth-order valence-corrected chi connectivity index (χ4v) is 2.40. The Hall–Kier alpha value is -1.23. The third-order valence-corrected chi connectivity index (χ3v) is 3.42. The maximum Gasteiger partial charge on any atom is 0.232 e. The summed E-state index contributed by atoms with van der Waals surface area (Å²) in [5, 5.41) is 0. The molecule has 0 saturated carbocycles. The first-order valence-electron chi connectivity index (χ1n) is 4.81. The van der Waals surface area contributed by atoms with Crippen molar-refractivity contribution in [2.75, 3.05) is 16.2 Å². The summed E-state index contributed by atoms with van der Waals surface area (Å²) >= 11 is 0. The zero-order chi connectivity index (χ0) is 11.5. The zero-order valence-electron chi connectivity index (χ0n) is 8.95. The summed E-state index contributed by atoms with van der Waals surface area (Å²) in [6.07, 6.45) is 0.584. The molecule has 1 aromatic carbocycles. The first kappa shape index (κ1) is 11.8. The SMILES string of the molecule is CCCS(=O)(=O)Nc1cc(C)ccc1N. The van der Waals surface area contributed by atoms with Crippen molar-refractivity contribution in [2.24, 2.45) is 0 Å². The van der Waals surface area contributed by atoms with Crippen LogP contribution in [0.3, 0.4) is 0 Å². The number of benzene rings is 1. The van der Waals surface area contributed by atoms with Crippen molar-refractivity contribution >= 4 is 21.4 Å². The quantitative estimate of drug-likeness (QED) is 0.771. The Morgan fingerprint density at radius 3 is 2.67 bits per heavy atom. The highest BCUT2D eigenvalue weighted by molar-refractivity contribution is 7.92. The van der Waals surface area contributed by atoms with E-state index in [0.717, 1.165) is 5.56 Å². The second-order valence-corrected chi connectivity index (χ2v) is 5.35. The molecular weight excluding hydrogens is 212 g/mol. The molecular formula is C10H16N2O2S. The highest BCUT2D eigenvalue weighted by atomic mass is 32.2. The lowest BCUT2D eigenvalue weighted by Gasteiger charge is -2.10. The van der Waals surface area contributed by atoms with Gasteiger partial charge in [0.05, 0.1) is 17.1 Å². The Morgan fingerprint density at radius 2 is 2.07 bits per heavy atom. The zero-order valence-corrected chi connectivity index (χ0v) is 9.76. The van der Waals surface area contributed by atoms with Gasteiger partial charge in [0.1, 0.15) is 0 Å². The highest BCUT2D eigenvalue weighted by Gasteiger charge is 2.10. The van der Waals surface area contributed by atoms with Crippen LogP contribution in [0.25, 0.3) is 0 Å². The van der Waals surface area contributed by atoms with Gasteiger partial charge in [0, 0.05) is 0 Å². The van der Waals surface area contributed by atoms with E-state index < -0.39 is 10.0 Å². The molecule has 0 spiro atoms. The van der Waals surface area contributed by atoms with E-state index in [1.165, 1.54) is 0 Å². The van der Waals surface area contributed by atoms with Crippen LogP contribution in [0.2, 0.25) is 0 Å². The van der Waals surface area contributed by atoms with Crippen molar-refractivity contribution in [1.29, 1.82) is 0 Å². The molecule has 3 N–H and O–H groups in total. The van der Waals surface area contributed by atoms with Gasteiger partial charge in [-0.15, -0.1) is 0 Å². The van der Waals surface area contributed by atoms with Crippen molar-refractivity contribution in [2.45, 2.75) is 20.3 Å². The average molecular weight is 228 g/mol. The number of nitrogens with one attached hydrogen (secondary N) is 1. The molecule has 5 heteroatoms. The van der Waals surface area contributed by atoms with Crippen LogP contribution in [-0.4, -0.2) is 14.2 Å². The molecule has 1 aromatic rings. The lowest BCUT2D eigenvalue weighted by molar-refractivity contribution is 0.600. The third-order valence-electron chi connectivity index (χ3n) is 1.95. The van der Waals surface area contributed by atoms with E-state index in [1.807, 2.05) is 19.9 Å². The first-order valence-corrected chi connectivity index (χ1v) is 6.46. The monoisotopic (exact) mass is 228 g/mol. The Labute approximate surface area is 90.5 Å². The van der Waals surface area contributed by atoms with Gasteiger partial charge in [0.25, 0.3) is 0 Å². The molecule has 0 unspecified atom stereocenters. The van der Waals surface area contributed by atoms with Crippen molar-refractivity contribution in [1.82, 2.24) is 0 Å². The number of nitrogen functional groups attached to an aromatic ring is 1. The van der Waals surface area contributed by atoms with E-state index in [-0.39, 0.29) is 5.75 Å². The van der Waals surface area contributed by atoms with Gasteiger partial charge in [-0.1, -0.05) is 13.0 Å². The number of anilines is 2. The van der Waals surface area contributed by atoms with E-state index in [0.29, 0.717) is 17.8 Å². The lowest BCUT2D eigenvalue weighted by Crippen LogP contribution is -2.17. The van der Waals surface area contributed by atoms with Crippen LogP contribution >= 0.6 is 0 Å².